The zero-order valence-electron chi connectivity index (χ0n) is 9.36. The van der Waals surface area contributed by atoms with Gasteiger partial charge in [0.2, 0.25) is 0 Å². The van der Waals surface area contributed by atoms with Crippen molar-refractivity contribution in [2.24, 2.45) is 5.92 Å². The number of benzene rings is 1. The summed E-state index contributed by atoms with van der Waals surface area (Å²) in [6, 6.07) is 7.77. The average Bonchev–Trinajstić information content (AvgIpc) is 2.60. The molecule has 0 amide bonds. The van der Waals surface area contributed by atoms with Crippen LogP contribution in [0, 0.1) is 5.92 Å². The maximum Gasteiger partial charge on any atom is 0.124 e. The van der Waals surface area contributed by atoms with Gasteiger partial charge in [-0.3, -0.25) is 0 Å². The predicted octanol–water partition coefficient (Wildman–Crippen LogP) is 2.70. The van der Waals surface area contributed by atoms with Crippen LogP contribution in [0.2, 0.25) is 0 Å². The van der Waals surface area contributed by atoms with E-state index in [1.165, 1.54) is 0 Å². The van der Waals surface area contributed by atoms with Crippen molar-refractivity contribution in [2.45, 2.75) is 31.8 Å². The second-order valence-electron chi connectivity index (χ2n) is 4.58. The number of rotatable bonds is 2. The standard InChI is InChI=1S/C13H18O2/c1-10-7-8-13(14,9-10)11-5-3-4-6-12(11)15-2/h3-6,10,14H,7-9H2,1-2H3. The molecule has 0 radical (unpaired) electrons. The topological polar surface area (TPSA) is 29.5 Å². The Bertz CT molecular complexity index is 348. The Balaban J connectivity index is 2.36. The molecular weight excluding hydrogens is 188 g/mol. The molecule has 2 rings (SSSR count). The first kappa shape index (κ1) is 10.5. The highest BCUT2D eigenvalue weighted by atomic mass is 16.5. The van der Waals surface area contributed by atoms with Crippen molar-refractivity contribution in [2.75, 3.05) is 7.11 Å². The SMILES string of the molecule is COc1ccccc1C1(O)CCC(C)C1. The van der Waals surface area contributed by atoms with Gasteiger partial charge in [-0.25, -0.2) is 0 Å². The van der Waals surface area contributed by atoms with Crippen molar-refractivity contribution in [1.29, 1.82) is 0 Å². The van der Waals surface area contributed by atoms with Crippen molar-refractivity contribution in [1.82, 2.24) is 0 Å². The van der Waals surface area contributed by atoms with Crippen LogP contribution in [0.1, 0.15) is 31.7 Å². The first-order valence-electron chi connectivity index (χ1n) is 5.51. The molecular formula is C13H18O2. The fraction of sp³-hybridized carbons (Fsp3) is 0.538. The molecule has 1 N–H and O–H groups in total. The van der Waals surface area contributed by atoms with Crippen molar-refractivity contribution >= 4 is 0 Å². The summed E-state index contributed by atoms with van der Waals surface area (Å²) in [5.41, 5.74) is 0.267. The fourth-order valence-corrected chi connectivity index (χ4v) is 2.54. The van der Waals surface area contributed by atoms with E-state index in [1.54, 1.807) is 7.11 Å². The van der Waals surface area contributed by atoms with Crippen LogP contribution in [0.5, 0.6) is 5.75 Å². The Morgan fingerprint density at radius 3 is 2.73 bits per heavy atom. The minimum Gasteiger partial charge on any atom is -0.496 e. The molecule has 2 unspecified atom stereocenters. The van der Waals surface area contributed by atoms with Crippen LogP contribution in [0.15, 0.2) is 24.3 Å². The van der Waals surface area contributed by atoms with Gasteiger partial charge in [0.15, 0.2) is 0 Å². The molecule has 1 aliphatic carbocycles. The Morgan fingerprint density at radius 1 is 1.40 bits per heavy atom. The van der Waals surface area contributed by atoms with E-state index in [-0.39, 0.29) is 0 Å². The van der Waals surface area contributed by atoms with E-state index in [2.05, 4.69) is 6.92 Å². The van der Waals surface area contributed by atoms with E-state index < -0.39 is 5.60 Å². The summed E-state index contributed by atoms with van der Waals surface area (Å²) >= 11 is 0. The maximum absolute atomic E-state index is 10.6. The summed E-state index contributed by atoms with van der Waals surface area (Å²) in [6.07, 6.45) is 2.77. The van der Waals surface area contributed by atoms with Gasteiger partial charge in [0.05, 0.1) is 12.7 Å². The molecule has 0 aliphatic heterocycles. The highest BCUT2D eigenvalue weighted by Crippen LogP contribution is 2.44. The van der Waals surface area contributed by atoms with Gasteiger partial charge in [-0.05, 0) is 31.2 Å². The van der Waals surface area contributed by atoms with Crippen molar-refractivity contribution in [3.8, 4) is 5.75 Å². The van der Waals surface area contributed by atoms with Crippen LogP contribution >= 0.6 is 0 Å². The van der Waals surface area contributed by atoms with Gasteiger partial charge in [0.1, 0.15) is 5.75 Å². The number of hydrogen-bond donors (Lipinski definition) is 1. The molecule has 82 valence electrons. The number of para-hydroxylation sites is 1. The summed E-state index contributed by atoms with van der Waals surface area (Å²) in [4.78, 5) is 0. The second-order valence-corrected chi connectivity index (χ2v) is 4.58. The Hall–Kier alpha value is -1.02. The summed E-state index contributed by atoms with van der Waals surface area (Å²) < 4.78 is 5.30. The van der Waals surface area contributed by atoms with Crippen molar-refractivity contribution in [3.05, 3.63) is 29.8 Å². The molecule has 0 spiro atoms. The van der Waals surface area contributed by atoms with Crippen LogP contribution in [0.25, 0.3) is 0 Å². The lowest BCUT2D eigenvalue weighted by molar-refractivity contribution is 0.0383. The van der Waals surface area contributed by atoms with Crippen LogP contribution in [-0.2, 0) is 5.60 Å². The highest BCUT2D eigenvalue weighted by Gasteiger charge is 2.38. The number of aliphatic hydroxyl groups is 1. The highest BCUT2D eigenvalue weighted by molar-refractivity contribution is 5.38. The third-order valence-corrected chi connectivity index (χ3v) is 3.35. The first-order chi connectivity index (χ1) is 7.15. The molecule has 15 heavy (non-hydrogen) atoms. The predicted molar refractivity (Wildman–Crippen MR) is 59.9 cm³/mol. The van der Waals surface area contributed by atoms with Gasteiger partial charge in [-0.1, -0.05) is 25.1 Å². The summed E-state index contributed by atoms with van der Waals surface area (Å²) in [5.74, 6) is 1.40. The Kier molecular flexibility index (Phi) is 2.70. The summed E-state index contributed by atoms with van der Waals surface area (Å²) in [5, 5.41) is 10.6. The summed E-state index contributed by atoms with van der Waals surface area (Å²) in [6.45, 7) is 2.19. The van der Waals surface area contributed by atoms with E-state index in [4.69, 9.17) is 4.74 Å². The molecule has 0 saturated heterocycles. The van der Waals surface area contributed by atoms with Crippen LogP contribution in [0.3, 0.4) is 0 Å². The molecule has 1 aromatic rings. The monoisotopic (exact) mass is 206 g/mol. The quantitative estimate of drug-likeness (QED) is 0.806. The van der Waals surface area contributed by atoms with E-state index in [0.717, 1.165) is 30.6 Å². The lowest BCUT2D eigenvalue weighted by Crippen LogP contribution is -2.22. The molecule has 1 saturated carbocycles. The fourth-order valence-electron chi connectivity index (χ4n) is 2.54. The van der Waals surface area contributed by atoms with Gasteiger partial charge in [-0.2, -0.15) is 0 Å². The third kappa shape index (κ3) is 1.86. The number of hydrogen-bond acceptors (Lipinski definition) is 2. The first-order valence-corrected chi connectivity index (χ1v) is 5.51. The molecule has 0 aromatic heterocycles. The number of ether oxygens (including phenoxy) is 1. The van der Waals surface area contributed by atoms with Gasteiger partial charge in [0.25, 0.3) is 0 Å². The van der Waals surface area contributed by atoms with Crippen molar-refractivity contribution < 1.29 is 9.84 Å². The Labute approximate surface area is 90.9 Å². The third-order valence-electron chi connectivity index (χ3n) is 3.35. The molecule has 0 heterocycles. The molecule has 2 nitrogen and oxygen atoms in total. The Morgan fingerprint density at radius 2 is 2.13 bits per heavy atom. The minimum absolute atomic E-state index is 0.597. The lowest BCUT2D eigenvalue weighted by atomic mass is 9.90. The molecule has 1 aliphatic rings. The lowest BCUT2D eigenvalue weighted by Gasteiger charge is -2.25. The molecule has 0 bridgehead atoms. The average molecular weight is 206 g/mol. The van der Waals surface area contributed by atoms with Crippen LogP contribution in [0.4, 0.5) is 0 Å². The van der Waals surface area contributed by atoms with E-state index in [1.807, 2.05) is 24.3 Å². The molecule has 2 heteroatoms. The van der Waals surface area contributed by atoms with E-state index >= 15 is 0 Å². The molecule has 2 atom stereocenters. The van der Waals surface area contributed by atoms with E-state index in [9.17, 15) is 5.11 Å². The summed E-state index contributed by atoms with van der Waals surface area (Å²) in [7, 11) is 1.65. The van der Waals surface area contributed by atoms with Gasteiger partial charge >= 0.3 is 0 Å². The number of methoxy groups -OCH3 is 1. The minimum atomic E-state index is -0.675. The van der Waals surface area contributed by atoms with Gasteiger partial charge < -0.3 is 9.84 Å². The molecule has 1 fully saturated rings. The zero-order valence-corrected chi connectivity index (χ0v) is 9.36. The zero-order chi connectivity index (χ0) is 10.9. The largest absolute Gasteiger partial charge is 0.496 e. The normalized spacial score (nSPS) is 30.5. The molecule has 1 aromatic carbocycles. The van der Waals surface area contributed by atoms with Gasteiger partial charge in [-0.15, -0.1) is 0 Å². The van der Waals surface area contributed by atoms with Crippen molar-refractivity contribution in [3.63, 3.8) is 0 Å². The second kappa shape index (κ2) is 3.86. The maximum atomic E-state index is 10.6. The van der Waals surface area contributed by atoms with Crippen LogP contribution in [-0.4, -0.2) is 12.2 Å². The van der Waals surface area contributed by atoms with Gasteiger partial charge in [0, 0.05) is 5.56 Å². The van der Waals surface area contributed by atoms with Crippen LogP contribution < -0.4 is 4.74 Å². The smallest absolute Gasteiger partial charge is 0.124 e. The van der Waals surface area contributed by atoms with E-state index in [0.29, 0.717) is 5.92 Å².